The van der Waals surface area contributed by atoms with Gasteiger partial charge < -0.3 is 14.4 Å². The number of rotatable bonds is 6. The van der Waals surface area contributed by atoms with Crippen molar-refractivity contribution < 1.29 is 9.47 Å². The van der Waals surface area contributed by atoms with Crippen molar-refractivity contribution in [3.05, 3.63) is 29.1 Å². The summed E-state index contributed by atoms with van der Waals surface area (Å²) in [7, 11) is 0. The second kappa shape index (κ2) is 7.91. The molecule has 24 heavy (non-hydrogen) atoms. The Kier molecular flexibility index (Phi) is 5.43. The van der Waals surface area contributed by atoms with Crippen LogP contribution in [0.2, 0.25) is 0 Å². The SMILES string of the molecule is c1ncc2c(c1COCCN1CCCC1)CCN([C@H]1CCOC1)C2. The summed E-state index contributed by atoms with van der Waals surface area (Å²) in [6.45, 7) is 9.03. The van der Waals surface area contributed by atoms with Gasteiger partial charge in [0.05, 0.1) is 19.8 Å². The second-order valence-corrected chi connectivity index (χ2v) is 7.28. The topological polar surface area (TPSA) is 37.8 Å². The fourth-order valence-electron chi connectivity index (χ4n) is 4.22. The predicted octanol–water partition coefficient (Wildman–Crippen LogP) is 1.84. The molecule has 4 rings (SSSR count). The van der Waals surface area contributed by atoms with Crippen LogP contribution in [0.25, 0.3) is 0 Å². The first-order valence-electron chi connectivity index (χ1n) is 9.46. The van der Waals surface area contributed by atoms with E-state index in [4.69, 9.17) is 9.47 Å². The molecule has 0 amide bonds. The number of likely N-dealkylation sites (tertiary alicyclic amines) is 1. The maximum atomic E-state index is 5.96. The van der Waals surface area contributed by atoms with Crippen LogP contribution in [0.1, 0.15) is 36.0 Å². The molecule has 4 heterocycles. The van der Waals surface area contributed by atoms with E-state index >= 15 is 0 Å². The number of hydrogen-bond acceptors (Lipinski definition) is 5. The van der Waals surface area contributed by atoms with Crippen LogP contribution in [0, 0.1) is 0 Å². The van der Waals surface area contributed by atoms with Crippen LogP contribution < -0.4 is 0 Å². The predicted molar refractivity (Wildman–Crippen MR) is 92.9 cm³/mol. The number of aromatic nitrogens is 1. The lowest BCUT2D eigenvalue weighted by Gasteiger charge is -2.33. The zero-order valence-electron chi connectivity index (χ0n) is 14.6. The van der Waals surface area contributed by atoms with E-state index in [1.54, 1.807) is 0 Å². The third kappa shape index (κ3) is 3.80. The van der Waals surface area contributed by atoms with Crippen molar-refractivity contribution in [1.29, 1.82) is 0 Å². The van der Waals surface area contributed by atoms with Crippen molar-refractivity contribution in [3.63, 3.8) is 0 Å². The van der Waals surface area contributed by atoms with Crippen LogP contribution in [-0.4, -0.2) is 66.8 Å². The Morgan fingerprint density at radius 3 is 2.96 bits per heavy atom. The molecular formula is C19H29N3O2. The van der Waals surface area contributed by atoms with E-state index < -0.39 is 0 Å². The highest BCUT2D eigenvalue weighted by molar-refractivity contribution is 5.33. The van der Waals surface area contributed by atoms with Crippen molar-refractivity contribution in [2.45, 2.75) is 44.9 Å². The number of ether oxygens (including phenoxy) is 2. The highest BCUT2D eigenvalue weighted by Crippen LogP contribution is 2.25. The molecule has 5 nitrogen and oxygen atoms in total. The van der Waals surface area contributed by atoms with Gasteiger partial charge in [0.25, 0.3) is 0 Å². The molecule has 0 bridgehead atoms. The summed E-state index contributed by atoms with van der Waals surface area (Å²) < 4.78 is 11.5. The van der Waals surface area contributed by atoms with Crippen molar-refractivity contribution in [3.8, 4) is 0 Å². The summed E-state index contributed by atoms with van der Waals surface area (Å²) in [5.41, 5.74) is 4.14. The molecule has 132 valence electrons. The molecule has 1 atom stereocenters. The zero-order chi connectivity index (χ0) is 16.2. The highest BCUT2D eigenvalue weighted by Gasteiger charge is 2.27. The molecule has 0 aromatic carbocycles. The van der Waals surface area contributed by atoms with E-state index in [0.717, 1.165) is 45.9 Å². The van der Waals surface area contributed by atoms with E-state index in [1.165, 1.54) is 49.0 Å². The number of fused-ring (bicyclic) bond motifs is 1. The quantitative estimate of drug-likeness (QED) is 0.744. The molecule has 2 saturated heterocycles. The Morgan fingerprint density at radius 2 is 2.12 bits per heavy atom. The lowest BCUT2D eigenvalue weighted by Crippen LogP contribution is -2.40. The fourth-order valence-corrected chi connectivity index (χ4v) is 4.22. The average molecular weight is 331 g/mol. The van der Waals surface area contributed by atoms with Gasteiger partial charge in [-0.3, -0.25) is 9.88 Å². The van der Waals surface area contributed by atoms with E-state index in [0.29, 0.717) is 12.6 Å². The summed E-state index contributed by atoms with van der Waals surface area (Å²) in [5, 5.41) is 0. The Hall–Kier alpha value is -1.01. The van der Waals surface area contributed by atoms with Crippen molar-refractivity contribution >= 4 is 0 Å². The fraction of sp³-hybridized carbons (Fsp3) is 0.737. The summed E-state index contributed by atoms with van der Waals surface area (Å²) in [4.78, 5) is 9.53. The van der Waals surface area contributed by atoms with Crippen LogP contribution in [0.4, 0.5) is 0 Å². The monoisotopic (exact) mass is 331 g/mol. The maximum absolute atomic E-state index is 5.96. The summed E-state index contributed by atoms with van der Waals surface area (Å²) in [5.74, 6) is 0. The molecule has 0 N–H and O–H groups in total. The van der Waals surface area contributed by atoms with Gasteiger partial charge in [0, 0.05) is 44.7 Å². The normalized spacial score (nSPS) is 25.2. The van der Waals surface area contributed by atoms with E-state index in [-0.39, 0.29) is 0 Å². The zero-order valence-corrected chi connectivity index (χ0v) is 14.6. The molecular weight excluding hydrogens is 302 g/mol. The Bertz CT molecular complexity index is 539. The average Bonchev–Trinajstić information content (AvgIpc) is 3.32. The molecule has 1 aromatic heterocycles. The molecule has 5 heteroatoms. The standard InChI is InChI=1S/C19H29N3O2/c1-2-6-21(5-1)8-10-24-14-17-12-20-11-16-13-22(7-3-19(16)17)18-4-9-23-15-18/h11-12,18H,1-10,13-15H2/t18-/m0/s1. The molecule has 3 aliphatic rings. The largest absolute Gasteiger partial charge is 0.380 e. The van der Waals surface area contributed by atoms with Crippen LogP contribution in [-0.2, 0) is 29.0 Å². The van der Waals surface area contributed by atoms with E-state index in [9.17, 15) is 0 Å². The van der Waals surface area contributed by atoms with Gasteiger partial charge in [0.15, 0.2) is 0 Å². The lowest BCUT2D eigenvalue weighted by atomic mass is 9.96. The molecule has 3 aliphatic heterocycles. The van der Waals surface area contributed by atoms with Gasteiger partial charge in [0.1, 0.15) is 0 Å². The molecule has 0 saturated carbocycles. The first kappa shape index (κ1) is 16.5. The minimum absolute atomic E-state index is 0.596. The molecule has 2 fully saturated rings. The summed E-state index contributed by atoms with van der Waals surface area (Å²) in [6.07, 6.45) is 9.02. The smallest absolute Gasteiger partial charge is 0.0735 e. The number of pyridine rings is 1. The second-order valence-electron chi connectivity index (χ2n) is 7.28. The minimum atomic E-state index is 0.596. The first-order valence-corrected chi connectivity index (χ1v) is 9.46. The summed E-state index contributed by atoms with van der Waals surface area (Å²) in [6, 6.07) is 0.596. The van der Waals surface area contributed by atoms with Crippen LogP contribution >= 0.6 is 0 Å². The third-order valence-electron chi connectivity index (χ3n) is 5.69. The minimum Gasteiger partial charge on any atom is -0.380 e. The molecule has 1 aromatic rings. The van der Waals surface area contributed by atoms with E-state index in [1.807, 2.05) is 12.4 Å². The lowest BCUT2D eigenvalue weighted by molar-refractivity contribution is 0.0974. The van der Waals surface area contributed by atoms with Crippen LogP contribution in [0.3, 0.4) is 0 Å². The van der Waals surface area contributed by atoms with Crippen molar-refractivity contribution in [2.75, 3.05) is 46.0 Å². The van der Waals surface area contributed by atoms with Crippen LogP contribution in [0.15, 0.2) is 12.4 Å². The molecule has 0 aliphatic carbocycles. The van der Waals surface area contributed by atoms with Gasteiger partial charge in [0.2, 0.25) is 0 Å². The van der Waals surface area contributed by atoms with Gasteiger partial charge in [-0.05, 0) is 55.5 Å². The number of nitrogens with zero attached hydrogens (tertiary/aromatic N) is 3. The Morgan fingerprint density at radius 1 is 1.21 bits per heavy atom. The molecule has 0 unspecified atom stereocenters. The van der Waals surface area contributed by atoms with Crippen molar-refractivity contribution in [2.24, 2.45) is 0 Å². The first-order chi connectivity index (χ1) is 11.9. The summed E-state index contributed by atoms with van der Waals surface area (Å²) >= 11 is 0. The third-order valence-corrected chi connectivity index (χ3v) is 5.69. The van der Waals surface area contributed by atoms with Gasteiger partial charge in [-0.2, -0.15) is 0 Å². The van der Waals surface area contributed by atoms with Gasteiger partial charge in [-0.1, -0.05) is 0 Å². The Labute approximate surface area is 144 Å². The molecule has 0 spiro atoms. The van der Waals surface area contributed by atoms with Crippen LogP contribution in [0.5, 0.6) is 0 Å². The van der Waals surface area contributed by atoms with Gasteiger partial charge >= 0.3 is 0 Å². The maximum Gasteiger partial charge on any atom is 0.0735 e. The molecule has 0 radical (unpaired) electrons. The highest BCUT2D eigenvalue weighted by atomic mass is 16.5. The Balaban J connectivity index is 1.31. The number of hydrogen-bond donors (Lipinski definition) is 0. The van der Waals surface area contributed by atoms with Gasteiger partial charge in [-0.15, -0.1) is 0 Å². The van der Waals surface area contributed by atoms with E-state index in [2.05, 4.69) is 14.8 Å². The van der Waals surface area contributed by atoms with Crippen molar-refractivity contribution in [1.82, 2.24) is 14.8 Å². The van der Waals surface area contributed by atoms with Gasteiger partial charge in [-0.25, -0.2) is 0 Å².